The Bertz CT molecular complexity index is 450. The Hall–Kier alpha value is -0.930. The molecule has 0 aliphatic carbocycles. The number of aromatic nitrogens is 1. The summed E-state index contributed by atoms with van der Waals surface area (Å²) in [7, 11) is 0. The first-order chi connectivity index (χ1) is 7.83. The van der Waals surface area contributed by atoms with Crippen LogP contribution >= 0.6 is 11.3 Å². The zero-order valence-corrected chi connectivity index (χ0v) is 10.3. The standard InChI is InChI=1S/C13H16N2S/c1-9-6-7-11(14-8-9)13-15-10-4-2-3-5-12(10)16-13/h2-5,9,11,14H,6-8H2,1H3/t9-,11+/m0/s1. The van der Waals surface area contributed by atoms with Gasteiger partial charge in [0.25, 0.3) is 0 Å². The fourth-order valence-corrected chi connectivity index (χ4v) is 3.33. The molecule has 0 bridgehead atoms. The molecule has 1 aromatic carbocycles. The highest BCUT2D eigenvalue weighted by Gasteiger charge is 2.21. The van der Waals surface area contributed by atoms with E-state index in [-0.39, 0.29) is 0 Å². The van der Waals surface area contributed by atoms with E-state index >= 15 is 0 Å². The minimum Gasteiger partial charge on any atom is -0.308 e. The average molecular weight is 232 g/mol. The monoisotopic (exact) mass is 232 g/mol. The highest BCUT2D eigenvalue weighted by Crippen LogP contribution is 2.31. The normalized spacial score (nSPS) is 26.1. The third-order valence-electron chi connectivity index (χ3n) is 3.27. The van der Waals surface area contributed by atoms with Crippen LogP contribution in [0.3, 0.4) is 0 Å². The maximum absolute atomic E-state index is 4.72. The van der Waals surface area contributed by atoms with Crippen molar-refractivity contribution < 1.29 is 0 Å². The van der Waals surface area contributed by atoms with Gasteiger partial charge in [0.1, 0.15) is 5.01 Å². The maximum atomic E-state index is 4.72. The second-order valence-electron chi connectivity index (χ2n) is 4.66. The number of fused-ring (bicyclic) bond motifs is 1. The number of rotatable bonds is 1. The van der Waals surface area contributed by atoms with Crippen LogP contribution in [0, 0.1) is 5.92 Å². The molecule has 2 aromatic rings. The smallest absolute Gasteiger partial charge is 0.111 e. The number of nitrogens with one attached hydrogen (secondary N) is 1. The largest absolute Gasteiger partial charge is 0.308 e. The Balaban J connectivity index is 1.88. The molecule has 0 spiro atoms. The van der Waals surface area contributed by atoms with Gasteiger partial charge >= 0.3 is 0 Å². The third kappa shape index (κ3) is 1.85. The summed E-state index contributed by atoms with van der Waals surface area (Å²) < 4.78 is 1.30. The number of piperidine rings is 1. The first kappa shape index (κ1) is 10.2. The molecule has 0 amide bonds. The number of hydrogen-bond acceptors (Lipinski definition) is 3. The van der Waals surface area contributed by atoms with Crippen molar-refractivity contribution in [2.24, 2.45) is 5.92 Å². The minimum absolute atomic E-state index is 0.480. The summed E-state index contributed by atoms with van der Waals surface area (Å²) in [6.07, 6.45) is 2.54. The van der Waals surface area contributed by atoms with Crippen molar-refractivity contribution in [2.45, 2.75) is 25.8 Å². The molecule has 0 unspecified atom stereocenters. The molecule has 2 atom stereocenters. The average Bonchev–Trinajstić information content (AvgIpc) is 2.73. The Morgan fingerprint density at radius 3 is 2.94 bits per heavy atom. The molecule has 0 saturated carbocycles. The van der Waals surface area contributed by atoms with Crippen molar-refractivity contribution >= 4 is 21.6 Å². The molecular weight excluding hydrogens is 216 g/mol. The number of nitrogens with zero attached hydrogens (tertiary/aromatic N) is 1. The lowest BCUT2D eigenvalue weighted by Crippen LogP contribution is -2.31. The highest BCUT2D eigenvalue weighted by atomic mass is 32.1. The first-order valence-electron chi connectivity index (χ1n) is 5.92. The molecule has 1 aromatic heterocycles. The van der Waals surface area contributed by atoms with Gasteiger partial charge in [0, 0.05) is 0 Å². The van der Waals surface area contributed by atoms with Gasteiger partial charge in [0.2, 0.25) is 0 Å². The topological polar surface area (TPSA) is 24.9 Å². The van der Waals surface area contributed by atoms with E-state index in [0.29, 0.717) is 6.04 Å². The lowest BCUT2D eigenvalue weighted by Gasteiger charge is -2.26. The van der Waals surface area contributed by atoms with Crippen LogP contribution in [0.25, 0.3) is 10.2 Å². The molecule has 2 nitrogen and oxygen atoms in total. The van der Waals surface area contributed by atoms with Crippen molar-refractivity contribution in [1.82, 2.24) is 10.3 Å². The molecule has 1 aliphatic heterocycles. The van der Waals surface area contributed by atoms with E-state index in [2.05, 4.69) is 36.5 Å². The molecule has 0 radical (unpaired) electrons. The summed E-state index contributed by atoms with van der Waals surface area (Å²) in [5.74, 6) is 0.811. The van der Waals surface area contributed by atoms with E-state index in [0.717, 1.165) is 18.0 Å². The van der Waals surface area contributed by atoms with Crippen LogP contribution in [-0.4, -0.2) is 11.5 Å². The number of thiazole rings is 1. The molecule has 1 saturated heterocycles. The van der Waals surface area contributed by atoms with Crippen molar-refractivity contribution in [3.05, 3.63) is 29.3 Å². The molecular formula is C13H16N2S. The zero-order chi connectivity index (χ0) is 11.0. The van der Waals surface area contributed by atoms with E-state index in [1.54, 1.807) is 0 Å². The maximum Gasteiger partial charge on any atom is 0.111 e. The van der Waals surface area contributed by atoms with Gasteiger partial charge < -0.3 is 5.32 Å². The third-order valence-corrected chi connectivity index (χ3v) is 4.42. The summed E-state index contributed by atoms with van der Waals surface area (Å²) >= 11 is 1.83. The zero-order valence-electron chi connectivity index (χ0n) is 9.44. The molecule has 1 N–H and O–H groups in total. The number of hydrogen-bond donors (Lipinski definition) is 1. The predicted molar refractivity (Wildman–Crippen MR) is 68.8 cm³/mol. The predicted octanol–water partition coefficient (Wildman–Crippen LogP) is 3.36. The van der Waals surface area contributed by atoms with E-state index in [1.165, 1.54) is 22.5 Å². The van der Waals surface area contributed by atoms with Crippen molar-refractivity contribution in [2.75, 3.05) is 6.54 Å². The molecule has 1 fully saturated rings. The van der Waals surface area contributed by atoms with Crippen molar-refractivity contribution in [3.63, 3.8) is 0 Å². The van der Waals surface area contributed by atoms with Gasteiger partial charge in [0.15, 0.2) is 0 Å². The van der Waals surface area contributed by atoms with E-state index in [4.69, 9.17) is 4.98 Å². The molecule has 3 heteroatoms. The van der Waals surface area contributed by atoms with Crippen LogP contribution in [0.5, 0.6) is 0 Å². The second-order valence-corrected chi connectivity index (χ2v) is 5.73. The Kier molecular flexibility index (Phi) is 2.65. The summed E-state index contributed by atoms with van der Waals surface area (Å²) in [5.41, 5.74) is 1.14. The first-order valence-corrected chi connectivity index (χ1v) is 6.73. The van der Waals surface area contributed by atoms with Crippen LogP contribution in [-0.2, 0) is 0 Å². The van der Waals surface area contributed by atoms with Gasteiger partial charge in [-0.25, -0.2) is 4.98 Å². The summed E-state index contributed by atoms with van der Waals surface area (Å²) in [4.78, 5) is 4.72. The van der Waals surface area contributed by atoms with Gasteiger partial charge in [-0.2, -0.15) is 0 Å². The second kappa shape index (κ2) is 4.15. The molecule has 3 rings (SSSR count). The Morgan fingerprint density at radius 2 is 2.19 bits per heavy atom. The Morgan fingerprint density at radius 1 is 1.31 bits per heavy atom. The van der Waals surface area contributed by atoms with Crippen LogP contribution in [0.1, 0.15) is 30.8 Å². The molecule has 16 heavy (non-hydrogen) atoms. The Labute approximate surface area is 99.7 Å². The molecule has 2 heterocycles. The lowest BCUT2D eigenvalue weighted by atomic mass is 9.97. The molecule has 84 valence electrons. The van der Waals surface area contributed by atoms with Gasteiger partial charge in [-0.15, -0.1) is 11.3 Å². The highest BCUT2D eigenvalue weighted by molar-refractivity contribution is 7.18. The SMILES string of the molecule is C[C@H]1CC[C@H](c2nc3ccccc3s2)NC1. The van der Waals surface area contributed by atoms with Gasteiger partial charge in [0.05, 0.1) is 16.3 Å². The number of benzene rings is 1. The molecule has 1 aliphatic rings. The lowest BCUT2D eigenvalue weighted by molar-refractivity contribution is 0.332. The van der Waals surface area contributed by atoms with Crippen LogP contribution in [0.4, 0.5) is 0 Å². The summed E-state index contributed by atoms with van der Waals surface area (Å²) in [5, 5.41) is 4.85. The van der Waals surface area contributed by atoms with Crippen LogP contribution in [0.15, 0.2) is 24.3 Å². The van der Waals surface area contributed by atoms with E-state index in [9.17, 15) is 0 Å². The summed E-state index contributed by atoms with van der Waals surface area (Å²) in [6, 6.07) is 8.87. The fraction of sp³-hybridized carbons (Fsp3) is 0.462. The quantitative estimate of drug-likeness (QED) is 0.815. The summed E-state index contributed by atoms with van der Waals surface area (Å²) in [6.45, 7) is 3.43. The number of para-hydroxylation sites is 1. The minimum atomic E-state index is 0.480. The van der Waals surface area contributed by atoms with Crippen LogP contribution < -0.4 is 5.32 Å². The van der Waals surface area contributed by atoms with Crippen molar-refractivity contribution in [3.8, 4) is 0 Å². The van der Waals surface area contributed by atoms with Crippen LogP contribution in [0.2, 0.25) is 0 Å². The van der Waals surface area contributed by atoms with Gasteiger partial charge in [-0.1, -0.05) is 19.1 Å². The van der Waals surface area contributed by atoms with E-state index < -0.39 is 0 Å². The fourth-order valence-electron chi connectivity index (χ4n) is 2.25. The van der Waals surface area contributed by atoms with Crippen molar-refractivity contribution in [1.29, 1.82) is 0 Å². The van der Waals surface area contributed by atoms with E-state index in [1.807, 2.05) is 11.3 Å². The van der Waals surface area contributed by atoms with Gasteiger partial charge in [-0.05, 0) is 37.4 Å². The van der Waals surface area contributed by atoms with Gasteiger partial charge in [-0.3, -0.25) is 0 Å².